The minimum Gasteiger partial charge on any atom is -0.465 e. The van der Waals surface area contributed by atoms with E-state index < -0.39 is 27.4 Å². The number of aliphatic hydroxyl groups excluding tert-OH is 1. The first kappa shape index (κ1) is 27.2. The molecule has 4 rings (SSSR count). The van der Waals surface area contributed by atoms with Crippen molar-refractivity contribution in [1.82, 2.24) is 9.80 Å². The van der Waals surface area contributed by atoms with Crippen molar-refractivity contribution in [3.05, 3.63) is 25.3 Å². The van der Waals surface area contributed by atoms with Crippen molar-refractivity contribution in [2.75, 3.05) is 26.3 Å². The maximum atomic E-state index is 14.4. The molecule has 1 N–H and O–H groups in total. The summed E-state index contributed by atoms with van der Waals surface area (Å²) in [6, 6.07) is -0.443. The molecule has 4 aliphatic rings. The molecule has 1 saturated carbocycles. The van der Waals surface area contributed by atoms with Gasteiger partial charge in [0.15, 0.2) is 0 Å². The van der Waals surface area contributed by atoms with Crippen LogP contribution in [0, 0.1) is 11.8 Å². The van der Waals surface area contributed by atoms with Gasteiger partial charge in [0.25, 0.3) is 0 Å². The van der Waals surface area contributed by atoms with Gasteiger partial charge in [-0.15, -0.1) is 24.9 Å². The van der Waals surface area contributed by atoms with Crippen molar-refractivity contribution in [3.63, 3.8) is 0 Å². The Bertz CT molecular complexity index is 874. The van der Waals surface area contributed by atoms with Gasteiger partial charge in [-0.2, -0.15) is 0 Å². The van der Waals surface area contributed by atoms with E-state index in [4.69, 9.17) is 4.74 Å². The first-order valence-corrected chi connectivity index (χ1v) is 14.5. The zero-order chi connectivity index (χ0) is 25.9. The Hall–Kier alpha value is -1.80. The molecule has 2 amide bonds. The topological polar surface area (TPSA) is 87.1 Å². The van der Waals surface area contributed by atoms with Gasteiger partial charge >= 0.3 is 5.97 Å². The minimum atomic E-state index is -0.627. The average molecular weight is 519 g/mol. The van der Waals surface area contributed by atoms with Crippen LogP contribution in [0.3, 0.4) is 0 Å². The Morgan fingerprint density at radius 2 is 1.94 bits per heavy atom. The number of esters is 1. The summed E-state index contributed by atoms with van der Waals surface area (Å²) in [5.41, 5.74) is 0. The van der Waals surface area contributed by atoms with Crippen molar-refractivity contribution in [3.8, 4) is 0 Å². The van der Waals surface area contributed by atoms with E-state index in [-0.39, 0.29) is 37.0 Å². The van der Waals surface area contributed by atoms with Gasteiger partial charge in [0.2, 0.25) is 11.8 Å². The number of unbranched alkanes of at least 4 members (excludes halogenated alkanes) is 1. The summed E-state index contributed by atoms with van der Waals surface area (Å²) < 4.78 is 4.56. The van der Waals surface area contributed by atoms with Crippen LogP contribution in [0.1, 0.15) is 71.1 Å². The molecule has 1 spiro atoms. The van der Waals surface area contributed by atoms with Crippen LogP contribution in [0.2, 0.25) is 0 Å². The SMILES string of the molecule is C=CCCOC(=O)[C@@H]1[C@H]2C(=O)N(CCCCO)C(C(=O)N(CC=C)C3CCCCC3)C23CC[C@@]1(C)S3. The van der Waals surface area contributed by atoms with Crippen LogP contribution in [-0.2, 0) is 19.1 Å². The van der Waals surface area contributed by atoms with Crippen LogP contribution in [0.25, 0.3) is 0 Å². The maximum absolute atomic E-state index is 14.4. The Morgan fingerprint density at radius 1 is 1.19 bits per heavy atom. The highest BCUT2D eigenvalue weighted by Gasteiger charge is 2.77. The largest absolute Gasteiger partial charge is 0.465 e. The number of hydrogen-bond donors (Lipinski definition) is 1. The van der Waals surface area contributed by atoms with Gasteiger partial charge in [-0.25, -0.2) is 0 Å². The van der Waals surface area contributed by atoms with Crippen LogP contribution >= 0.6 is 11.8 Å². The summed E-state index contributed by atoms with van der Waals surface area (Å²) in [6.45, 7) is 10.9. The Kier molecular flexibility index (Phi) is 8.55. The first-order valence-electron chi connectivity index (χ1n) is 13.6. The summed E-state index contributed by atoms with van der Waals surface area (Å²) in [6.07, 6.45) is 12.1. The molecule has 200 valence electrons. The Balaban J connectivity index is 1.69. The summed E-state index contributed by atoms with van der Waals surface area (Å²) in [4.78, 5) is 45.6. The van der Waals surface area contributed by atoms with Crippen molar-refractivity contribution < 1.29 is 24.2 Å². The molecule has 3 saturated heterocycles. The lowest BCUT2D eigenvalue weighted by atomic mass is 9.66. The van der Waals surface area contributed by atoms with Crippen LogP contribution in [0.15, 0.2) is 25.3 Å². The number of nitrogens with zero attached hydrogens (tertiary/aromatic N) is 2. The highest BCUT2D eigenvalue weighted by Crippen LogP contribution is 2.71. The standard InChI is InChI=1S/C28H42N2O5S/c1-4-6-19-35-26(34)22-21-24(32)30(17-10-11-18-31)23(28(21)15-14-27(22,3)36-28)25(33)29(16-5-2)20-12-8-7-9-13-20/h4-5,20-23,31H,1-2,6-19H2,3H3/t21-,22-,23?,27+,28?/m0/s1. The van der Waals surface area contributed by atoms with Crippen LogP contribution in [0.4, 0.5) is 0 Å². The van der Waals surface area contributed by atoms with Crippen LogP contribution < -0.4 is 0 Å². The van der Waals surface area contributed by atoms with Gasteiger partial charge in [0.1, 0.15) is 6.04 Å². The highest BCUT2D eigenvalue weighted by molar-refractivity contribution is 8.02. The van der Waals surface area contributed by atoms with Gasteiger partial charge in [0.05, 0.1) is 23.2 Å². The highest BCUT2D eigenvalue weighted by atomic mass is 32.2. The minimum absolute atomic E-state index is 0.000858. The molecule has 8 heteroatoms. The van der Waals surface area contributed by atoms with Gasteiger partial charge in [-0.3, -0.25) is 14.4 Å². The fourth-order valence-electron chi connectivity index (χ4n) is 7.14. The Labute approximate surface area is 219 Å². The molecule has 2 unspecified atom stereocenters. The molecule has 3 heterocycles. The van der Waals surface area contributed by atoms with E-state index in [1.54, 1.807) is 28.8 Å². The molecular weight excluding hydrogens is 476 g/mol. The zero-order valence-electron chi connectivity index (χ0n) is 21.7. The summed E-state index contributed by atoms with van der Waals surface area (Å²) in [5, 5.41) is 9.36. The number of carbonyl (C=O) groups excluding carboxylic acids is 3. The van der Waals surface area contributed by atoms with Crippen LogP contribution in [0.5, 0.6) is 0 Å². The van der Waals surface area contributed by atoms with Crippen molar-refractivity contribution >= 4 is 29.5 Å². The number of carbonyl (C=O) groups is 3. The third-order valence-electron chi connectivity index (χ3n) is 8.76. The molecule has 0 aromatic heterocycles. The van der Waals surface area contributed by atoms with E-state index in [0.29, 0.717) is 32.4 Å². The van der Waals surface area contributed by atoms with Crippen LogP contribution in [-0.4, -0.2) is 80.6 Å². The number of fused-ring (bicyclic) bond motifs is 1. The molecule has 36 heavy (non-hydrogen) atoms. The second kappa shape index (κ2) is 11.3. The number of aliphatic hydroxyl groups is 1. The van der Waals surface area contributed by atoms with Gasteiger partial charge in [-0.05, 0) is 51.9 Å². The van der Waals surface area contributed by atoms with E-state index in [2.05, 4.69) is 20.1 Å². The molecule has 3 aliphatic heterocycles. The lowest BCUT2D eigenvalue weighted by Crippen LogP contribution is -2.57. The molecule has 7 nitrogen and oxygen atoms in total. The molecule has 4 fully saturated rings. The van der Waals surface area contributed by atoms with Gasteiger partial charge in [0, 0.05) is 30.5 Å². The summed E-state index contributed by atoms with van der Waals surface area (Å²) >= 11 is 1.69. The fourth-order valence-corrected chi connectivity index (χ4v) is 9.48. The number of hydrogen-bond acceptors (Lipinski definition) is 6. The molecule has 5 atom stereocenters. The van der Waals surface area contributed by atoms with E-state index >= 15 is 0 Å². The molecule has 0 aromatic carbocycles. The molecule has 0 aromatic rings. The predicted octanol–water partition coefficient (Wildman–Crippen LogP) is 3.71. The third-order valence-corrected chi connectivity index (χ3v) is 10.7. The van der Waals surface area contributed by atoms with E-state index in [0.717, 1.165) is 38.5 Å². The lowest BCUT2D eigenvalue weighted by Gasteiger charge is -2.41. The number of amides is 2. The third kappa shape index (κ3) is 4.64. The number of ether oxygens (including phenoxy) is 1. The number of thioether (sulfide) groups is 1. The first-order chi connectivity index (χ1) is 17.3. The van der Waals surface area contributed by atoms with E-state index in [1.807, 2.05) is 4.90 Å². The van der Waals surface area contributed by atoms with Crippen molar-refractivity contribution in [2.24, 2.45) is 11.8 Å². The second-order valence-corrected chi connectivity index (χ2v) is 12.9. The molecular formula is C28H42N2O5S. The number of likely N-dealkylation sites (tertiary alicyclic amines) is 1. The van der Waals surface area contributed by atoms with Gasteiger partial charge in [-0.1, -0.05) is 31.4 Å². The van der Waals surface area contributed by atoms with Crippen molar-refractivity contribution in [2.45, 2.75) is 92.7 Å². The summed E-state index contributed by atoms with van der Waals surface area (Å²) in [7, 11) is 0. The quantitative estimate of drug-likeness (QED) is 0.241. The zero-order valence-corrected chi connectivity index (χ0v) is 22.5. The van der Waals surface area contributed by atoms with Gasteiger partial charge < -0.3 is 19.6 Å². The van der Waals surface area contributed by atoms with E-state index in [9.17, 15) is 19.5 Å². The predicted molar refractivity (Wildman–Crippen MR) is 141 cm³/mol. The van der Waals surface area contributed by atoms with Crippen molar-refractivity contribution in [1.29, 1.82) is 0 Å². The lowest BCUT2D eigenvalue weighted by molar-refractivity contribution is -0.155. The molecule has 2 bridgehead atoms. The fraction of sp³-hybridized carbons (Fsp3) is 0.750. The monoisotopic (exact) mass is 518 g/mol. The Morgan fingerprint density at radius 3 is 2.61 bits per heavy atom. The average Bonchev–Trinajstić information content (AvgIpc) is 3.44. The number of rotatable bonds is 12. The normalized spacial score (nSPS) is 33.4. The second-order valence-electron chi connectivity index (χ2n) is 11.0. The van der Waals surface area contributed by atoms with E-state index in [1.165, 1.54) is 6.42 Å². The molecule has 1 aliphatic carbocycles. The maximum Gasteiger partial charge on any atom is 0.311 e. The summed E-state index contributed by atoms with van der Waals surface area (Å²) in [5.74, 6) is -1.55. The smallest absolute Gasteiger partial charge is 0.311 e. The molecule has 0 radical (unpaired) electrons.